The average Bonchev–Trinajstić information content (AvgIpc) is 3.31. The zero-order valence-electron chi connectivity index (χ0n) is 15.0. The lowest BCUT2D eigenvalue weighted by atomic mass is 10.2. The number of guanidine groups is 1. The van der Waals surface area contributed by atoms with Crippen LogP contribution in [0.3, 0.4) is 0 Å². The van der Waals surface area contributed by atoms with E-state index in [2.05, 4.69) is 68.1 Å². The van der Waals surface area contributed by atoms with E-state index in [0.29, 0.717) is 6.04 Å². The van der Waals surface area contributed by atoms with Crippen LogP contribution in [0.15, 0.2) is 40.7 Å². The van der Waals surface area contributed by atoms with Crippen LogP contribution in [0.2, 0.25) is 0 Å². The summed E-state index contributed by atoms with van der Waals surface area (Å²) in [7, 11) is 1.83. The molecule has 0 saturated carbocycles. The molecule has 0 spiro atoms. The van der Waals surface area contributed by atoms with Crippen molar-refractivity contribution in [2.24, 2.45) is 4.99 Å². The Morgan fingerprint density at radius 3 is 2.92 bits per heavy atom. The van der Waals surface area contributed by atoms with Crippen molar-refractivity contribution in [3.8, 4) is 0 Å². The van der Waals surface area contributed by atoms with Gasteiger partial charge in [-0.15, -0.1) is 11.3 Å². The standard InChI is InChI=1S/C19H27N5S/c1-3-18-22-16(14-25-18)9-11-21-19(20-2)23-15-10-12-24(13-15)17-7-5-4-6-8-17/h4-8,14-15H,3,9-13H2,1-2H3,(H2,20,21,23). The quantitative estimate of drug-likeness (QED) is 0.616. The largest absolute Gasteiger partial charge is 0.369 e. The Morgan fingerprint density at radius 1 is 1.36 bits per heavy atom. The van der Waals surface area contributed by atoms with E-state index >= 15 is 0 Å². The molecular formula is C19H27N5S. The first-order valence-corrected chi connectivity index (χ1v) is 9.87. The van der Waals surface area contributed by atoms with E-state index in [4.69, 9.17) is 0 Å². The van der Waals surface area contributed by atoms with Crippen LogP contribution >= 0.6 is 11.3 Å². The Balaban J connectivity index is 1.43. The highest BCUT2D eigenvalue weighted by molar-refractivity contribution is 7.09. The Morgan fingerprint density at radius 2 is 2.20 bits per heavy atom. The average molecular weight is 358 g/mol. The maximum absolute atomic E-state index is 4.61. The molecule has 2 aromatic rings. The van der Waals surface area contributed by atoms with Gasteiger partial charge in [-0.25, -0.2) is 4.98 Å². The molecule has 0 radical (unpaired) electrons. The Labute approximate surface area is 154 Å². The molecule has 6 heteroatoms. The minimum Gasteiger partial charge on any atom is -0.369 e. The Bertz CT molecular complexity index is 682. The molecule has 1 aromatic carbocycles. The second kappa shape index (κ2) is 8.85. The molecular weight excluding hydrogens is 330 g/mol. The van der Waals surface area contributed by atoms with E-state index in [-0.39, 0.29) is 0 Å². The van der Waals surface area contributed by atoms with E-state index in [1.807, 2.05) is 7.05 Å². The lowest BCUT2D eigenvalue weighted by molar-refractivity contribution is 0.647. The topological polar surface area (TPSA) is 52.6 Å². The van der Waals surface area contributed by atoms with Crippen LogP contribution in [0.4, 0.5) is 5.69 Å². The Hall–Kier alpha value is -2.08. The maximum atomic E-state index is 4.61. The van der Waals surface area contributed by atoms with Crippen molar-refractivity contribution < 1.29 is 0 Å². The highest BCUT2D eigenvalue weighted by Gasteiger charge is 2.23. The SMILES string of the molecule is CCc1nc(CCNC(=NC)NC2CCN(c3ccccc3)C2)cs1. The molecule has 1 unspecified atom stereocenters. The van der Waals surface area contributed by atoms with Gasteiger partial charge in [-0.3, -0.25) is 4.99 Å². The molecule has 1 saturated heterocycles. The highest BCUT2D eigenvalue weighted by atomic mass is 32.1. The van der Waals surface area contributed by atoms with E-state index in [0.717, 1.165) is 44.9 Å². The molecule has 1 aliphatic heterocycles. The number of rotatable bonds is 6. The first-order chi connectivity index (χ1) is 12.3. The van der Waals surface area contributed by atoms with Gasteiger partial charge in [-0.05, 0) is 25.0 Å². The van der Waals surface area contributed by atoms with Crippen LogP contribution in [0.1, 0.15) is 24.0 Å². The molecule has 0 bridgehead atoms. The van der Waals surface area contributed by atoms with Crippen molar-refractivity contribution in [1.82, 2.24) is 15.6 Å². The number of anilines is 1. The molecule has 134 valence electrons. The zero-order chi connectivity index (χ0) is 17.5. The summed E-state index contributed by atoms with van der Waals surface area (Å²) in [5, 5.41) is 10.3. The summed E-state index contributed by atoms with van der Waals surface area (Å²) < 4.78 is 0. The first-order valence-electron chi connectivity index (χ1n) is 8.99. The van der Waals surface area contributed by atoms with Crippen LogP contribution < -0.4 is 15.5 Å². The molecule has 3 rings (SSSR count). The highest BCUT2D eigenvalue weighted by Crippen LogP contribution is 2.19. The van der Waals surface area contributed by atoms with Crippen molar-refractivity contribution >= 4 is 23.0 Å². The lowest BCUT2D eigenvalue weighted by Gasteiger charge is -2.20. The van der Waals surface area contributed by atoms with Crippen LogP contribution in [0, 0.1) is 0 Å². The van der Waals surface area contributed by atoms with Gasteiger partial charge < -0.3 is 15.5 Å². The predicted molar refractivity (Wildman–Crippen MR) is 107 cm³/mol. The van der Waals surface area contributed by atoms with Crippen LogP contribution in [-0.2, 0) is 12.8 Å². The third kappa shape index (κ3) is 4.95. The van der Waals surface area contributed by atoms with Gasteiger partial charge >= 0.3 is 0 Å². The summed E-state index contributed by atoms with van der Waals surface area (Å²) in [6.07, 6.45) is 3.07. The second-order valence-corrected chi connectivity index (χ2v) is 7.19. The van der Waals surface area contributed by atoms with Gasteiger partial charge in [0.05, 0.1) is 10.7 Å². The van der Waals surface area contributed by atoms with Gasteiger partial charge in [0, 0.05) is 50.2 Å². The summed E-state index contributed by atoms with van der Waals surface area (Å²) in [6.45, 7) is 5.09. The number of nitrogens with zero attached hydrogens (tertiary/aromatic N) is 3. The molecule has 5 nitrogen and oxygen atoms in total. The number of hydrogen-bond donors (Lipinski definition) is 2. The van der Waals surface area contributed by atoms with E-state index < -0.39 is 0 Å². The summed E-state index contributed by atoms with van der Waals surface area (Å²) in [5.41, 5.74) is 2.46. The van der Waals surface area contributed by atoms with Crippen LogP contribution in [-0.4, -0.2) is 43.7 Å². The van der Waals surface area contributed by atoms with Crippen LogP contribution in [0.25, 0.3) is 0 Å². The van der Waals surface area contributed by atoms with Crippen molar-refractivity contribution in [2.45, 2.75) is 32.2 Å². The van der Waals surface area contributed by atoms with E-state index in [9.17, 15) is 0 Å². The molecule has 0 amide bonds. The van der Waals surface area contributed by atoms with Gasteiger partial charge in [0.2, 0.25) is 0 Å². The molecule has 1 aromatic heterocycles. The predicted octanol–water partition coefficient (Wildman–Crippen LogP) is 2.69. The molecule has 1 aliphatic rings. The summed E-state index contributed by atoms with van der Waals surface area (Å²) in [5.74, 6) is 0.880. The number of thiazole rings is 1. The summed E-state index contributed by atoms with van der Waals surface area (Å²) in [4.78, 5) is 11.4. The molecule has 25 heavy (non-hydrogen) atoms. The fourth-order valence-corrected chi connectivity index (χ4v) is 3.85. The van der Waals surface area contributed by atoms with Crippen molar-refractivity contribution in [1.29, 1.82) is 0 Å². The van der Waals surface area contributed by atoms with Crippen molar-refractivity contribution in [3.63, 3.8) is 0 Å². The van der Waals surface area contributed by atoms with E-state index in [1.54, 1.807) is 11.3 Å². The van der Waals surface area contributed by atoms with Gasteiger partial charge in [-0.2, -0.15) is 0 Å². The number of para-hydroxylation sites is 1. The monoisotopic (exact) mass is 357 g/mol. The number of aryl methyl sites for hydroxylation is 1. The molecule has 0 aliphatic carbocycles. The molecule has 1 fully saturated rings. The van der Waals surface area contributed by atoms with Crippen molar-refractivity contribution in [2.75, 3.05) is 31.6 Å². The number of aliphatic imine (C=N–C) groups is 1. The van der Waals surface area contributed by atoms with E-state index in [1.165, 1.54) is 16.4 Å². The Kier molecular flexibility index (Phi) is 6.28. The number of benzene rings is 1. The second-order valence-electron chi connectivity index (χ2n) is 6.25. The summed E-state index contributed by atoms with van der Waals surface area (Å²) in [6, 6.07) is 11.0. The van der Waals surface area contributed by atoms with Gasteiger partial charge in [0.1, 0.15) is 0 Å². The van der Waals surface area contributed by atoms with Crippen LogP contribution in [0.5, 0.6) is 0 Å². The van der Waals surface area contributed by atoms with Gasteiger partial charge in [0.15, 0.2) is 5.96 Å². The number of aromatic nitrogens is 1. The zero-order valence-corrected chi connectivity index (χ0v) is 15.9. The lowest BCUT2D eigenvalue weighted by Crippen LogP contribution is -2.45. The minimum atomic E-state index is 0.428. The third-order valence-corrected chi connectivity index (χ3v) is 5.49. The fourth-order valence-electron chi connectivity index (χ4n) is 3.07. The maximum Gasteiger partial charge on any atom is 0.191 e. The smallest absolute Gasteiger partial charge is 0.191 e. The fraction of sp³-hybridized carbons (Fsp3) is 0.474. The number of hydrogen-bond acceptors (Lipinski definition) is 4. The molecule has 1 atom stereocenters. The van der Waals surface area contributed by atoms with Gasteiger partial charge in [-0.1, -0.05) is 25.1 Å². The molecule has 2 heterocycles. The number of nitrogens with one attached hydrogen (secondary N) is 2. The first kappa shape index (κ1) is 17.7. The molecule has 2 N–H and O–H groups in total. The normalized spacial score (nSPS) is 17.8. The van der Waals surface area contributed by atoms with Gasteiger partial charge in [0.25, 0.3) is 0 Å². The van der Waals surface area contributed by atoms with Crippen molar-refractivity contribution in [3.05, 3.63) is 46.4 Å². The summed E-state index contributed by atoms with van der Waals surface area (Å²) >= 11 is 1.75. The minimum absolute atomic E-state index is 0.428. The third-order valence-electron chi connectivity index (χ3n) is 4.45.